The fourth-order valence-electron chi connectivity index (χ4n) is 2.68. The summed E-state index contributed by atoms with van der Waals surface area (Å²) in [5.74, 6) is 0.263. The fraction of sp³-hybridized carbons (Fsp3) is 0.227. The minimum atomic E-state index is -0.309. The highest BCUT2D eigenvalue weighted by atomic mass is 32.2. The molecule has 0 bridgehead atoms. The maximum Gasteiger partial charge on any atom is 0.255 e. The molecule has 0 saturated heterocycles. The van der Waals surface area contributed by atoms with E-state index in [9.17, 15) is 9.59 Å². The summed E-state index contributed by atoms with van der Waals surface area (Å²) >= 11 is 1.27. The molecule has 0 aliphatic carbocycles. The maximum absolute atomic E-state index is 12.7. The van der Waals surface area contributed by atoms with Crippen LogP contribution in [0.25, 0.3) is 0 Å². The van der Waals surface area contributed by atoms with E-state index in [1.165, 1.54) is 11.8 Å². The zero-order valence-electron chi connectivity index (χ0n) is 17.4. The molecule has 0 atom stereocenters. The number of amides is 2. The van der Waals surface area contributed by atoms with E-state index >= 15 is 0 Å². The minimum Gasteiger partial charge on any atom is -0.493 e. The van der Waals surface area contributed by atoms with E-state index in [2.05, 4.69) is 26.9 Å². The van der Waals surface area contributed by atoms with Crippen molar-refractivity contribution in [2.24, 2.45) is 7.05 Å². The summed E-state index contributed by atoms with van der Waals surface area (Å²) in [6.45, 7) is 0.432. The number of nitrogens with zero attached hydrogens (tertiary/aromatic N) is 4. The van der Waals surface area contributed by atoms with Crippen molar-refractivity contribution in [1.82, 2.24) is 14.8 Å². The highest BCUT2D eigenvalue weighted by Crippen LogP contribution is 2.20. The Kier molecular flexibility index (Phi) is 8.22. The van der Waals surface area contributed by atoms with Crippen molar-refractivity contribution in [3.8, 4) is 11.8 Å². The number of carbonyl (C=O) groups is 2. The smallest absolute Gasteiger partial charge is 0.255 e. The van der Waals surface area contributed by atoms with E-state index < -0.39 is 0 Å². The number of carbonyl (C=O) groups excluding carboxylic acids is 2. The summed E-state index contributed by atoms with van der Waals surface area (Å²) in [5.41, 5.74) is 1.52. The van der Waals surface area contributed by atoms with Crippen LogP contribution in [0, 0.1) is 11.3 Å². The Balaban J connectivity index is 1.55. The van der Waals surface area contributed by atoms with Crippen LogP contribution < -0.4 is 15.4 Å². The van der Waals surface area contributed by atoms with Gasteiger partial charge in [0.1, 0.15) is 12.1 Å². The number of aryl methyl sites for hydroxylation is 1. The van der Waals surface area contributed by atoms with Gasteiger partial charge in [-0.2, -0.15) is 5.26 Å². The van der Waals surface area contributed by atoms with E-state index in [1.807, 2.05) is 0 Å². The predicted molar refractivity (Wildman–Crippen MR) is 122 cm³/mol. The van der Waals surface area contributed by atoms with Crippen LogP contribution in [-0.4, -0.2) is 38.9 Å². The summed E-state index contributed by atoms with van der Waals surface area (Å²) in [5, 5.41) is 22.5. The van der Waals surface area contributed by atoms with Crippen LogP contribution in [0.2, 0.25) is 0 Å². The number of aromatic nitrogens is 3. The standard InChI is InChI=1S/C22H22N6O3S/c1-28-15-24-27-22(28)32-14-20(29)25-17-7-4-6-16(12-17)21(30)26-18-8-5-9-19(13-18)31-11-3-2-10-23/h4-9,12-13,15H,2-3,11,14H2,1H3,(H,25,29)(H,26,30). The Morgan fingerprint density at radius 2 is 1.94 bits per heavy atom. The van der Waals surface area contributed by atoms with Crippen molar-refractivity contribution in [3.63, 3.8) is 0 Å². The summed E-state index contributed by atoms with van der Waals surface area (Å²) in [6.07, 6.45) is 2.64. The van der Waals surface area contributed by atoms with Crippen LogP contribution in [0.4, 0.5) is 11.4 Å². The number of rotatable bonds is 10. The third-order valence-corrected chi connectivity index (χ3v) is 5.24. The van der Waals surface area contributed by atoms with Crippen LogP contribution >= 0.6 is 11.8 Å². The normalized spacial score (nSPS) is 10.2. The predicted octanol–water partition coefficient (Wildman–Crippen LogP) is 3.48. The Morgan fingerprint density at radius 1 is 1.16 bits per heavy atom. The molecule has 0 saturated carbocycles. The number of unbranched alkanes of at least 4 members (excludes halogenated alkanes) is 1. The van der Waals surface area contributed by atoms with Crippen molar-refractivity contribution in [2.45, 2.75) is 18.0 Å². The Morgan fingerprint density at radius 3 is 2.69 bits per heavy atom. The summed E-state index contributed by atoms with van der Waals surface area (Å²) < 4.78 is 7.33. The summed E-state index contributed by atoms with van der Waals surface area (Å²) in [7, 11) is 1.80. The summed E-state index contributed by atoms with van der Waals surface area (Å²) in [4.78, 5) is 24.9. The molecule has 0 aliphatic heterocycles. The molecule has 0 fully saturated rings. The molecular weight excluding hydrogens is 428 g/mol. The van der Waals surface area contributed by atoms with Crippen molar-refractivity contribution in [3.05, 3.63) is 60.4 Å². The zero-order chi connectivity index (χ0) is 22.8. The first-order valence-electron chi connectivity index (χ1n) is 9.83. The Bertz CT molecular complexity index is 1120. The van der Waals surface area contributed by atoms with E-state index in [-0.39, 0.29) is 17.6 Å². The van der Waals surface area contributed by atoms with Gasteiger partial charge in [-0.1, -0.05) is 23.9 Å². The number of hydrogen-bond donors (Lipinski definition) is 2. The molecular formula is C22H22N6O3S. The van der Waals surface area contributed by atoms with Crippen molar-refractivity contribution in [2.75, 3.05) is 23.0 Å². The highest BCUT2D eigenvalue weighted by Gasteiger charge is 2.11. The van der Waals surface area contributed by atoms with Crippen LogP contribution in [0.15, 0.2) is 60.0 Å². The summed E-state index contributed by atoms with van der Waals surface area (Å²) in [6, 6.07) is 15.8. The second-order valence-electron chi connectivity index (χ2n) is 6.73. The molecule has 32 heavy (non-hydrogen) atoms. The van der Waals surface area contributed by atoms with Crippen molar-refractivity contribution < 1.29 is 14.3 Å². The van der Waals surface area contributed by atoms with Gasteiger partial charge in [0.05, 0.1) is 18.4 Å². The van der Waals surface area contributed by atoms with E-state index in [1.54, 1.807) is 66.5 Å². The highest BCUT2D eigenvalue weighted by molar-refractivity contribution is 7.99. The number of nitrogens with one attached hydrogen (secondary N) is 2. The van der Waals surface area contributed by atoms with Gasteiger partial charge in [0.25, 0.3) is 5.91 Å². The minimum absolute atomic E-state index is 0.171. The van der Waals surface area contributed by atoms with Gasteiger partial charge < -0.3 is 19.9 Å². The second-order valence-corrected chi connectivity index (χ2v) is 7.68. The zero-order valence-corrected chi connectivity index (χ0v) is 18.3. The molecule has 9 nitrogen and oxygen atoms in total. The van der Waals surface area contributed by atoms with Crippen LogP contribution in [0.3, 0.4) is 0 Å². The largest absolute Gasteiger partial charge is 0.493 e. The molecule has 0 aliphatic rings. The first-order chi connectivity index (χ1) is 15.5. The van der Waals surface area contributed by atoms with Gasteiger partial charge in [0, 0.05) is 36.5 Å². The van der Waals surface area contributed by atoms with Gasteiger partial charge in [-0.3, -0.25) is 9.59 Å². The molecule has 164 valence electrons. The molecule has 3 aromatic rings. The van der Waals surface area contributed by atoms with E-state index in [4.69, 9.17) is 10.00 Å². The lowest BCUT2D eigenvalue weighted by molar-refractivity contribution is -0.113. The molecule has 2 N–H and O–H groups in total. The number of hydrogen-bond acceptors (Lipinski definition) is 7. The topological polar surface area (TPSA) is 122 Å². The van der Waals surface area contributed by atoms with Crippen LogP contribution in [0.1, 0.15) is 23.2 Å². The van der Waals surface area contributed by atoms with Gasteiger partial charge in [0.15, 0.2) is 5.16 Å². The Hall–Kier alpha value is -3.84. The van der Waals surface area contributed by atoms with Gasteiger partial charge in [-0.25, -0.2) is 0 Å². The lowest BCUT2D eigenvalue weighted by Gasteiger charge is -2.10. The first-order valence-corrected chi connectivity index (χ1v) is 10.8. The lowest BCUT2D eigenvalue weighted by atomic mass is 10.1. The third-order valence-electron chi connectivity index (χ3n) is 4.20. The number of benzene rings is 2. The fourth-order valence-corrected chi connectivity index (χ4v) is 3.36. The molecule has 0 spiro atoms. The number of nitriles is 1. The van der Waals surface area contributed by atoms with Gasteiger partial charge in [0.2, 0.25) is 5.91 Å². The van der Waals surface area contributed by atoms with Crippen molar-refractivity contribution >= 4 is 35.0 Å². The van der Waals surface area contributed by atoms with E-state index in [0.717, 1.165) is 0 Å². The molecule has 1 heterocycles. The maximum atomic E-state index is 12.7. The molecule has 2 aromatic carbocycles. The Labute approximate surface area is 189 Å². The SMILES string of the molecule is Cn1cnnc1SCC(=O)Nc1cccc(C(=O)Nc2cccc(OCCCC#N)c2)c1. The number of anilines is 2. The quantitative estimate of drug-likeness (QED) is 0.358. The molecule has 2 amide bonds. The molecule has 0 radical (unpaired) electrons. The van der Waals surface area contributed by atoms with Gasteiger partial charge >= 0.3 is 0 Å². The monoisotopic (exact) mass is 450 g/mol. The molecule has 10 heteroatoms. The average Bonchev–Trinajstić information content (AvgIpc) is 3.20. The number of thioether (sulfide) groups is 1. The molecule has 0 unspecified atom stereocenters. The lowest BCUT2D eigenvalue weighted by Crippen LogP contribution is -2.16. The van der Waals surface area contributed by atoms with Gasteiger partial charge in [-0.15, -0.1) is 10.2 Å². The van der Waals surface area contributed by atoms with Gasteiger partial charge in [-0.05, 0) is 36.8 Å². The van der Waals surface area contributed by atoms with Crippen LogP contribution in [-0.2, 0) is 11.8 Å². The number of ether oxygens (including phenoxy) is 1. The third kappa shape index (κ3) is 6.85. The first kappa shape index (κ1) is 22.8. The second kappa shape index (κ2) is 11.5. The molecule has 3 rings (SSSR count). The average molecular weight is 451 g/mol. The van der Waals surface area contributed by atoms with Crippen LogP contribution in [0.5, 0.6) is 5.75 Å². The van der Waals surface area contributed by atoms with E-state index in [0.29, 0.717) is 47.3 Å². The van der Waals surface area contributed by atoms with Crippen molar-refractivity contribution in [1.29, 1.82) is 5.26 Å². The molecule has 1 aromatic heterocycles.